The molecule has 1 saturated heterocycles. The number of methoxy groups -OCH3 is 1. The van der Waals surface area contributed by atoms with Crippen molar-refractivity contribution in [2.45, 2.75) is 78.2 Å². The van der Waals surface area contributed by atoms with Crippen LogP contribution >= 0.6 is 11.6 Å². The molecule has 0 saturated carbocycles. The number of nitrogens with one attached hydrogen (secondary N) is 1. The molecule has 1 fully saturated rings. The van der Waals surface area contributed by atoms with Gasteiger partial charge in [-0.15, -0.1) is 0 Å². The molecular formula is C30H39ClN4O5. The second-order valence-corrected chi connectivity index (χ2v) is 12.1. The van der Waals surface area contributed by atoms with Crippen molar-refractivity contribution in [1.82, 2.24) is 4.90 Å². The Hall–Kier alpha value is -3.64. The molecule has 0 spiro atoms. The second-order valence-electron chi connectivity index (χ2n) is 11.8. The van der Waals surface area contributed by atoms with Gasteiger partial charge in [0.25, 0.3) is 0 Å². The number of benzene rings is 2. The quantitative estimate of drug-likeness (QED) is 0.399. The highest BCUT2D eigenvalue weighted by Gasteiger charge is 2.29. The Morgan fingerprint density at radius 2 is 1.65 bits per heavy atom. The van der Waals surface area contributed by atoms with Crippen LogP contribution in [0, 0.1) is 11.3 Å². The normalized spacial score (nSPS) is 14.2. The number of piperidine rings is 1. The molecule has 0 aliphatic carbocycles. The van der Waals surface area contributed by atoms with Gasteiger partial charge < -0.3 is 24.4 Å². The lowest BCUT2D eigenvalue weighted by atomic mass is 10.0. The number of nitrogens with zero attached hydrogens (tertiary/aromatic N) is 3. The fourth-order valence-corrected chi connectivity index (χ4v) is 4.47. The number of nitriles is 1. The van der Waals surface area contributed by atoms with Crippen molar-refractivity contribution in [1.29, 1.82) is 5.26 Å². The maximum atomic E-state index is 13.4. The summed E-state index contributed by atoms with van der Waals surface area (Å²) in [5, 5.41) is 13.5. The molecule has 216 valence electrons. The van der Waals surface area contributed by atoms with Crippen LogP contribution in [0.15, 0.2) is 36.4 Å². The van der Waals surface area contributed by atoms with Gasteiger partial charge in [-0.25, -0.2) is 9.59 Å². The van der Waals surface area contributed by atoms with Gasteiger partial charge in [-0.3, -0.25) is 4.90 Å². The molecule has 2 aromatic rings. The Kier molecular flexibility index (Phi) is 9.80. The molecule has 2 amide bonds. The summed E-state index contributed by atoms with van der Waals surface area (Å²) < 4.78 is 16.5. The van der Waals surface area contributed by atoms with Gasteiger partial charge in [0.05, 0.1) is 41.7 Å². The first-order valence-corrected chi connectivity index (χ1v) is 13.7. The Bertz CT molecular complexity index is 1240. The maximum Gasteiger partial charge on any atom is 0.415 e. The fourth-order valence-electron chi connectivity index (χ4n) is 4.21. The molecule has 0 aromatic heterocycles. The summed E-state index contributed by atoms with van der Waals surface area (Å²) in [5.74, 6) is 0.696. The predicted molar refractivity (Wildman–Crippen MR) is 156 cm³/mol. The number of carbonyl (C=O) groups is 2. The van der Waals surface area contributed by atoms with E-state index >= 15 is 0 Å². The minimum Gasteiger partial charge on any atom is -0.497 e. The largest absolute Gasteiger partial charge is 0.497 e. The molecule has 1 aliphatic heterocycles. The molecule has 1 N–H and O–H groups in total. The van der Waals surface area contributed by atoms with E-state index in [9.17, 15) is 14.9 Å². The molecule has 1 heterocycles. The van der Waals surface area contributed by atoms with Gasteiger partial charge in [-0.2, -0.15) is 5.26 Å². The molecule has 2 aromatic carbocycles. The lowest BCUT2D eigenvalue weighted by Gasteiger charge is -2.34. The van der Waals surface area contributed by atoms with Crippen LogP contribution in [0.25, 0.3) is 0 Å². The Labute approximate surface area is 241 Å². The van der Waals surface area contributed by atoms with E-state index in [1.165, 1.54) is 4.90 Å². The predicted octanol–water partition coefficient (Wildman–Crippen LogP) is 6.97. The summed E-state index contributed by atoms with van der Waals surface area (Å²) >= 11 is 6.91. The average molecular weight is 571 g/mol. The highest BCUT2D eigenvalue weighted by Crippen LogP contribution is 2.37. The number of likely N-dealkylation sites (tertiary alicyclic amines) is 1. The van der Waals surface area contributed by atoms with E-state index in [-0.39, 0.29) is 18.7 Å². The van der Waals surface area contributed by atoms with Crippen LogP contribution in [0.4, 0.5) is 21.0 Å². The smallest absolute Gasteiger partial charge is 0.415 e. The number of amides is 2. The Morgan fingerprint density at radius 1 is 1.05 bits per heavy atom. The molecule has 0 atom stereocenters. The molecule has 0 unspecified atom stereocenters. The number of rotatable bonds is 6. The van der Waals surface area contributed by atoms with Crippen LogP contribution in [0.5, 0.6) is 5.75 Å². The minimum absolute atomic E-state index is 0.00884. The van der Waals surface area contributed by atoms with Gasteiger partial charge in [0, 0.05) is 19.1 Å². The molecule has 10 heteroatoms. The third kappa shape index (κ3) is 8.68. The van der Waals surface area contributed by atoms with Crippen molar-refractivity contribution in [3.8, 4) is 11.8 Å². The first kappa shape index (κ1) is 30.9. The summed E-state index contributed by atoms with van der Waals surface area (Å²) in [5.41, 5.74) is 0.775. The first-order chi connectivity index (χ1) is 18.7. The summed E-state index contributed by atoms with van der Waals surface area (Å²) in [6.45, 7) is 12.1. The van der Waals surface area contributed by atoms with E-state index in [0.29, 0.717) is 53.6 Å². The van der Waals surface area contributed by atoms with Crippen LogP contribution < -0.4 is 15.0 Å². The average Bonchev–Trinajstić information content (AvgIpc) is 2.87. The molecule has 9 nitrogen and oxygen atoms in total. The standard InChI is InChI=1S/C30H39ClN4O5/c1-29(2,3)39-27(36)34-14-12-22(13-15-34)33-24-16-21(18-32)17-25(26(24)31)35(28(37)40-30(4,5)6)19-20-8-10-23(38-7)11-9-20/h8-11,16-17,22,33H,12-15,19H2,1-7H3. The van der Waals surface area contributed by atoms with E-state index in [1.54, 1.807) is 44.9 Å². The van der Waals surface area contributed by atoms with Gasteiger partial charge in [-0.1, -0.05) is 23.7 Å². The minimum atomic E-state index is -0.738. The van der Waals surface area contributed by atoms with Gasteiger partial charge in [-0.05, 0) is 84.2 Å². The number of ether oxygens (including phenoxy) is 3. The monoisotopic (exact) mass is 570 g/mol. The van der Waals surface area contributed by atoms with Crippen molar-refractivity contribution in [2.75, 3.05) is 30.4 Å². The van der Waals surface area contributed by atoms with Crippen molar-refractivity contribution < 1.29 is 23.8 Å². The lowest BCUT2D eigenvalue weighted by molar-refractivity contribution is 0.0210. The van der Waals surface area contributed by atoms with Gasteiger partial charge in [0.15, 0.2) is 0 Å². The van der Waals surface area contributed by atoms with Crippen molar-refractivity contribution in [3.05, 3.63) is 52.5 Å². The van der Waals surface area contributed by atoms with Crippen LogP contribution in [0.3, 0.4) is 0 Å². The van der Waals surface area contributed by atoms with E-state index in [0.717, 1.165) is 5.56 Å². The summed E-state index contributed by atoms with van der Waals surface area (Å²) in [6.07, 6.45) is 0.424. The van der Waals surface area contributed by atoms with E-state index in [2.05, 4.69) is 11.4 Å². The SMILES string of the molecule is COc1ccc(CN(C(=O)OC(C)(C)C)c2cc(C#N)cc(NC3CCN(C(=O)OC(C)(C)C)CC3)c2Cl)cc1. The summed E-state index contributed by atoms with van der Waals surface area (Å²) in [4.78, 5) is 29.0. The van der Waals surface area contributed by atoms with Gasteiger partial charge in [0.1, 0.15) is 17.0 Å². The topological polar surface area (TPSA) is 104 Å². The summed E-state index contributed by atoms with van der Waals surface area (Å²) in [7, 11) is 1.59. The number of carbonyl (C=O) groups excluding carboxylic acids is 2. The van der Waals surface area contributed by atoms with Crippen LogP contribution in [-0.2, 0) is 16.0 Å². The van der Waals surface area contributed by atoms with Gasteiger partial charge >= 0.3 is 12.2 Å². The maximum absolute atomic E-state index is 13.4. The summed E-state index contributed by atoms with van der Waals surface area (Å²) in [6, 6.07) is 12.8. The van der Waals surface area contributed by atoms with Gasteiger partial charge in [0.2, 0.25) is 0 Å². The molecule has 1 aliphatic rings. The molecular weight excluding hydrogens is 532 g/mol. The number of halogens is 1. The molecule has 0 radical (unpaired) electrons. The van der Waals surface area contributed by atoms with Crippen LogP contribution in [0.1, 0.15) is 65.5 Å². The zero-order valence-corrected chi connectivity index (χ0v) is 25.1. The third-order valence-electron chi connectivity index (χ3n) is 6.09. The van der Waals surface area contributed by atoms with E-state index in [1.807, 2.05) is 45.0 Å². The molecule has 40 heavy (non-hydrogen) atoms. The second kappa shape index (κ2) is 12.7. The van der Waals surface area contributed by atoms with Crippen LogP contribution in [0.2, 0.25) is 5.02 Å². The third-order valence-corrected chi connectivity index (χ3v) is 6.49. The Balaban J connectivity index is 1.87. The zero-order chi connectivity index (χ0) is 29.7. The van der Waals surface area contributed by atoms with Crippen molar-refractivity contribution >= 4 is 35.2 Å². The fraction of sp³-hybridized carbons (Fsp3) is 0.500. The molecule has 3 rings (SSSR count). The number of anilines is 2. The number of hydrogen-bond acceptors (Lipinski definition) is 7. The Morgan fingerprint density at radius 3 is 2.17 bits per heavy atom. The van der Waals surface area contributed by atoms with E-state index in [4.69, 9.17) is 25.8 Å². The van der Waals surface area contributed by atoms with Crippen molar-refractivity contribution in [2.24, 2.45) is 0 Å². The van der Waals surface area contributed by atoms with E-state index < -0.39 is 17.3 Å². The first-order valence-electron chi connectivity index (χ1n) is 13.3. The van der Waals surface area contributed by atoms with Crippen molar-refractivity contribution in [3.63, 3.8) is 0 Å². The van der Waals surface area contributed by atoms with Crippen LogP contribution in [-0.4, -0.2) is 54.5 Å². The highest BCUT2D eigenvalue weighted by molar-refractivity contribution is 6.36. The number of hydrogen-bond donors (Lipinski definition) is 1. The lowest BCUT2D eigenvalue weighted by Crippen LogP contribution is -2.44. The molecule has 0 bridgehead atoms. The highest BCUT2D eigenvalue weighted by atomic mass is 35.5. The zero-order valence-electron chi connectivity index (χ0n) is 24.3.